The second kappa shape index (κ2) is 5.68. The maximum Gasteiger partial charge on any atom is 0.226 e. The maximum atomic E-state index is 13.7. The summed E-state index contributed by atoms with van der Waals surface area (Å²) in [5, 5.41) is 0. The quantitative estimate of drug-likeness (QED) is 0.839. The van der Waals surface area contributed by atoms with Crippen LogP contribution < -0.4 is 0 Å². The summed E-state index contributed by atoms with van der Waals surface area (Å²) in [5.41, 5.74) is 1.78. The lowest BCUT2D eigenvalue weighted by Crippen LogP contribution is -2.28. The first-order valence-corrected chi connectivity index (χ1v) is 7.20. The molecule has 1 aliphatic rings. The number of amides is 1. The average Bonchev–Trinajstić information content (AvgIpc) is 3.28. The third kappa shape index (κ3) is 2.97. The van der Waals surface area contributed by atoms with Gasteiger partial charge in [0.25, 0.3) is 0 Å². The van der Waals surface area contributed by atoms with Crippen molar-refractivity contribution < 1.29 is 9.18 Å². The summed E-state index contributed by atoms with van der Waals surface area (Å²) >= 11 is 0. The molecule has 108 valence electrons. The molecule has 1 fully saturated rings. The molecule has 2 aromatic rings. The number of hydrogen-bond acceptors (Lipinski definition) is 1. The van der Waals surface area contributed by atoms with Gasteiger partial charge in [0.15, 0.2) is 0 Å². The zero-order valence-corrected chi connectivity index (χ0v) is 12.0. The lowest BCUT2D eigenvalue weighted by molar-refractivity contribution is -0.131. The fourth-order valence-corrected chi connectivity index (χ4v) is 2.81. The van der Waals surface area contributed by atoms with Gasteiger partial charge in [-0.05, 0) is 29.5 Å². The van der Waals surface area contributed by atoms with Crippen molar-refractivity contribution in [2.45, 2.75) is 18.9 Å². The van der Waals surface area contributed by atoms with Gasteiger partial charge < -0.3 is 4.90 Å². The molecule has 2 unspecified atom stereocenters. The first kappa shape index (κ1) is 13.8. The average molecular weight is 283 g/mol. The van der Waals surface area contributed by atoms with E-state index in [0.29, 0.717) is 12.1 Å². The van der Waals surface area contributed by atoms with E-state index < -0.39 is 0 Å². The highest BCUT2D eigenvalue weighted by Crippen LogP contribution is 2.49. The standard InChI is InChI=1S/C18H18FNO/c1-20(12-13-7-3-2-4-8-13)18(21)16-11-15(16)14-9-5-6-10-17(14)19/h2-10,15-16H,11-12H2,1H3. The van der Waals surface area contributed by atoms with Gasteiger partial charge in [0, 0.05) is 19.5 Å². The normalized spacial score (nSPS) is 20.1. The van der Waals surface area contributed by atoms with E-state index in [1.807, 2.05) is 43.4 Å². The van der Waals surface area contributed by atoms with Crippen LogP contribution in [0, 0.1) is 11.7 Å². The minimum absolute atomic E-state index is 0.0388. The van der Waals surface area contributed by atoms with Gasteiger partial charge in [0.05, 0.1) is 0 Å². The molecule has 0 spiro atoms. The van der Waals surface area contributed by atoms with Crippen LogP contribution in [-0.4, -0.2) is 17.9 Å². The van der Waals surface area contributed by atoms with Crippen LogP contribution in [0.5, 0.6) is 0 Å². The van der Waals surface area contributed by atoms with Gasteiger partial charge >= 0.3 is 0 Å². The molecule has 2 nitrogen and oxygen atoms in total. The third-order valence-corrected chi connectivity index (χ3v) is 4.05. The molecule has 0 heterocycles. The fraction of sp³-hybridized carbons (Fsp3) is 0.278. The van der Waals surface area contributed by atoms with Gasteiger partial charge in [-0.3, -0.25) is 4.79 Å². The number of hydrogen-bond donors (Lipinski definition) is 0. The van der Waals surface area contributed by atoms with E-state index in [0.717, 1.165) is 12.0 Å². The van der Waals surface area contributed by atoms with Crippen LogP contribution in [0.1, 0.15) is 23.5 Å². The zero-order valence-electron chi connectivity index (χ0n) is 12.0. The molecule has 2 aromatic carbocycles. The molecule has 1 saturated carbocycles. The number of nitrogens with zero attached hydrogens (tertiary/aromatic N) is 1. The van der Waals surface area contributed by atoms with Gasteiger partial charge in [-0.2, -0.15) is 0 Å². The molecule has 0 radical (unpaired) electrons. The van der Waals surface area contributed by atoms with E-state index >= 15 is 0 Å². The van der Waals surface area contributed by atoms with Crippen molar-refractivity contribution in [1.82, 2.24) is 4.90 Å². The van der Waals surface area contributed by atoms with E-state index in [-0.39, 0.29) is 23.6 Å². The van der Waals surface area contributed by atoms with Crippen LogP contribution >= 0.6 is 0 Å². The Kier molecular flexibility index (Phi) is 3.74. The van der Waals surface area contributed by atoms with Gasteiger partial charge in [0.2, 0.25) is 5.91 Å². The molecule has 21 heavy (non-hydrogen) atoms. The summed E-state index contributed by atoms with van der Waals surface area (Å²) in [6.07, 6.45) is 0.749. The Morgan fingerprint density at radius 1 is 1.14 bits per heavy atom. The minimum atomic E-state index is -0.205. The number of rotatable bonds is 4. The first-order chi connectivity index (χ1) is 10.2. The van der Waals surface area contributed by atoms with Crippen molar-refractivity contribution in [3.63, 3.8) is 0 Å². The number of carbonyl (C=O) groups is 1. The SMILES string of the molecule is CN(Cc1ccccc1)C(=O)C1CC1c1ccccc1F. The second-order valence-electron chi connectivity index (χ2n) is 5.65. The predicted octanol–water partition coefficient (Wildman–Crippen LogP) is 3.59. The Morgan fingerprint density at radius 3 is 2.52 bits per heavy atom. The lowest BCUT2D eigenvalue weighted by atomic mass is 10.1. The third-order valence-electron chi connectivity index (χ3n) is 4.05. The summed E-state index contributed by atoms with van der Waals surface area (Å²) in [7, 11) is 1.81. The van der Waals surface area contributed by atoms with Crippen LogP contribution in [0.4, 0.5) is 4.39 Å². The van der Waals surface area contributed by atoms with E-state index in [4.69, 9.17) is 0 Å². The summed E-state index contributed by atoms with van der Waals surface area (Å²) in [4.78, 5) is 14.1. The van der Waals surface area contributed by atoms with E-state index in [1.165, 1.54) is 6.07 Å². The molecular formula is C18H18FNO. The Balaban J connectivity index is 1.64. The fourth-order valence-electron chi connectivity index (χ4n) is 2.81. The summed E-state index contributed by atoms with van der Waals surface area (Å²) in [5.74, 6) is -0.136. The summed E-state index contributed by atoms with van der Waals surface area (Å²) in [6, 6.07) is 16.6. The Hall–Kier alpha value is -2.16. The molecule has 1 aliphatic carbocycles. The minimum Gasteiger partial charge on any atom is -0.341 e. The highest BCUT2D eigenvalue weighted by Gasteiger charge is 2.46. The topological polar surface area (TPSA) is 20.3 Å². The summed E-state index contributed by atoms with van der Waals surface area (Å²) < 4.78 is 13.7. The van der Waals surface area contributed by atoms with Crippen LogP contribution in [0.15, 0.2) is 54.6 Å². The maximum absolute atomic E-state index is 13.7. The van der Waals surface area contributed by atoms with Gasteiger partial charge in [-0.15, -0.1) is 0 Å². The van der Waals surface area contributed by atoms with Crippen LogP contribution in [0.2, 0.25) is 0 Å². The molecule has 0 saturated heterocycles. The largest absolute Gasteiger partial charge is 0.341 e. The molecule has 2 atom stereocenters. The molecule has 0 bridgehead atoms. The number of benzene rings is 2. The van der Waals surface area contributed by atoms with Crippen molar-refractivity contribution in [2.75, 3.05) is 7.05 Å². The molecule has 3 heteroatoms. The van der Waals surface area contributed by atoms with Crippen LogP contribution in [0.3, 0.4) is 0 Å². The van der Waals surface area contributed by atoms with Crippen molar-refractivity contribution in [3.8, 4) is 0 Å². The monoisotopic (exact) mass is 283 g/mol. The Bertz CT molecular complexity index is 641. The van der Waals surface area contributed by atoms with Crippen LogP contribution in [-0.2, 0) is 11.3 Å². The van der Waals surface area contributed by atoms with E-state index in [1.54, 1.807) is 17.0 Å². The molecule has 0 aromatic heterocycles. The van der Waals surface area contributed by atoms with Crippen molar-refractivity contribution in [1.29, 1.82) is 0 Å². The van der Waals surface area contributed by atoms with Crippen molar-refractivity contribution in [2.24, 2.45) is 5.92 Å². The Labute approximate surface area is 124 Å². The smallest absolute Gasteiger partial charge is 0.226 e. The van der Waals surface area contributed by atoms with Gasteiger partial charge in [-0.1, -0.05) is 48.5 Å². The molecule has 1 amide bonds. The van der Waals surface area contributed by atoms with Crippen molar-refractivity contribution >= 4 is 5.91 Å². The molecule has 3 rings (SSSR count). The molecule has 0 N–H and O–H groups in total. The highest BCUT2D eigenvalue weighted by molar-refractivity contribution is 5.82. The van der Waals surface area contributed by atoms with E-state index in [9.17, 15) is 9.18 Å². The summed E-state index contributed by atoms with van der Waals surface area (Å²) in [6.45, 7) is 0.597. The van der Waals surface area contributed by atoms with E-state index in [2.05, 4.69) is 0 Å². The van der Waals surface area contributed by atoms with Crippen LogP contribution in [0.25, 0.3) is 0 Å². The number of carbonyl (C=O) groups excluding carboxylic acids is 1. The molecule has 0 aliphatic heterocycles. The zero-order chi connectivity index (χ0) is 14.8. The highest BCUT2D eigenvalue weighted by atomic mass is 19.1. The first-order valence-electron chi connectivity index (χ1n) is 7.20. The number of halogens is 1. The molecular weight excluding hydrogens is 265 g/mol. The lowest BCUT2D eigenvalue weighted by Gasteiger charge is -2.17. The second-order valence-corrected chi connectivity index (χ2v) is 5.65. The van der Waals surface area contributed by atoms with Gasteiger partial charge in [0.1, 0.15) is 5.82 Å². The van der Waals surface area contributed by atoms with Gasteiger partial charge in [-0.25, -0.2) is 4.39 Å². The predicted molar refractivity (Wildman–Crippen MR) is 80.2 cm³/mol. The Morgan fingerprint density at radius 2 is 1.81 bits per heavy atom. The van der Waals surface area contributed by atoms with Crippen molar-refractivity contribution in [3.05, 3.63) is 71.5 Å².